The van der Waals surface area contributed by atoms with Crippen molar-refractivity contribution >= 4 is 56.6 Å². The number of benzene rings is 1. The van der Waals surface area contributed by atoms with E-state index in [0.717, 1.165) is 40.1 Å². The topological polar surface area (TPSA) is 85.5 Å². The normalized spacial score (nSPS) is 29.5. The molecule has 1 aromatic carbocycles. The number of carbonyl (C=O) groups is 1. The highest BCUT2D eigenvalue weighted by Crippen LogP contribution is 2.40. The number of amides is 1. The molecule has 8 nitrogen and oxygen atoms in total. The third kappa shape index (κ3) is 2.66. The predicted molar refractivity (Wildman–Crippen MR) is 123 cm³/mol. The number of aryl methyl sites for hydroxylation is 1. The molecule has 0 radical (unpaired) electrons. The van der Waals surface area contributed by atoms with Crippen LogP contribution in [0.2, 0.25) is 5.02 Å². The van der Waals surface area contributed by atoms with Gasteiger partial charge in [0.1, 0.15) is 5.92 Å². The Bertz CT molecular complexity index is 1220. The van der Waals surface area contributed by atoms with Gasteiger partial charge in [-0.25, -0.2) is 4.98 Å². The first-order valence-electron chi connectivity index (χ1n) is 10.5. The number of nitrogens with zero attached hydrogens (tertiary/aromatic N) is 6. The molecule has 160 valence electrons. The lowest BCUT2D eigenvalue weighted by molar-refractivity contribution is -0.127. The minimum Gasteiger partial charge on any atom is -0.335 e. The van der Waals surface area contributed by atoms with Crippen LogP contribution in [0.5, 0.6) is 0 Å². The average Bonchev–Trinajstić information content (AvgIpc) is 3.52. The number of amidine groups is 1. The fourth-order valence-electron chi connectivity index (χ4n) is 5.45. The van der Waals surface area contributed by atoms with Gasteiger partial charge >= 0.3 is 0 Å². The smallest absolute Gasteiger partial charge is 0.246 e. The number of hydrogen-bond donors (Lipinski definition) is 1. The number of likely N-dealkylation sites (N-methyl/N-ethyl adjacent to an activating group) is 1. The van der Waals surface area contributed by atoms with Crippen LogP contribution in [0.25, 0.3) is 10.2 Å². The number of rotatable bonds is 2. The number of carbonyl (C=O) groups excluding carboxylic acids is 1. The Morgan fingerprint density at radius 2 is 2.10 bits per heavy atom. The molecule has 6 rings (SSSR count). The maximum Gasteiger partial charge on any atom is 0.246 e. The fourth-order valence-corrected chi connectivity index (χ4v) is 6.68. The van der Waals surface area contributed by atoms with Gasteiger partial charge in [0.15, 0.2) is 5.84 Å². The number of fused-ring (bicyclic) bond motifs is 4. The van der Waals surface area contributed by atoms with Crippen LogP contribution in [0.15, 0.2) is 27.3 Å². The van der Waals surface area contributed by atoms with Crippen LogP contribution in [0.1, 0.15) is 29.8 Å². The molecule has 1 amide bonds. The summed E-state index contributed by atoms with van der Waals surface area (Å²) in [6.07, 6.45) is 3.31. The van der Waals surface area contributed by atoms with Gasteiger partial charge in [-0.2, -0.15) is 10.1 Å². The van der Waals surface area contributed by atoms with Gasteiger partial charge in [0, 0.05) is 30.7 Å². The molecule has 1 N–H and O–H groups in total. The Balaban J connectivity index is 1.37. The summed E-state index contributed by atoms with van der Waals surface area (Å²) in [6.45, 7) is 1.95. The molecule has 0 spiro atoms. The lowest BCUT2D eigenvalue weighted by Crippen LogP contribution is -2.55. The molecule has 0 aliphatic carbocycles. The van der Waals surface area contributed by atoms with Crippen molar-refractivity contribution in [3.8, 4) is 0 Å². The zero-order valence-electron chi connectivity index (χ0n) is 17.5. The number of thiazole rings is 1. The minimum absolute atomic E-state index is 0.0658. The molecule has 2 fully saturated rings. The summed E-state index contributed by atoms with van der Waals surface area (Å²) in [5.74, 6) is 0.459. The van der Waals surface area contributed by atoms with E-state index in [1.54, 1.807) is 11.9 Å². The van der Waals surface area contributed by atoms with Crippen molar-refractivity contribution in [3.05, 3.63) is 27.7 Å². The van der Waals surface area contributed by atoms with Gasteiger partial charge in [-0.3, -0.25) is 9.69 Å². The van der Waals surface area contributed by atoms with Gasteiger partial charge in [0.2, 0.25) is 11.9 Å². The summed E-state index contributed by atoms with van der Waals surface area (Å²) in [4.78, 5) is 26.8. The molecular formula is C21H22ClN7OS. The molecule has 2 saturated heterocycles. The van der Waals surface area contributed by atoms with Crippen LogP contribution in [-0.4, -0.2) is 70.4 Å². The molecule has 1 unspecified atom stereocenters. The van der Waals surface area contributed by atoms with Crippen molar-refractivity contribution < 1.29 is 4.79 Å². The number of hydrogen-bond acceptors (Lipinski definition) is 8. The lowest BCUT2D eigenvalue weighted by Gasteiger charge is -2.36. The van der Waals surface area contributed by atoms with Gasteiger partial charge in [-0.05, 0) is 45.4 Å². The van der Waals surface area contributed by atoms with Gasteiger partial charge in [0.05, 0.1) is 26.0 Å². The first-order valence-corrected chi connectivity index (χ1v) is 11.7. The zero-order valence-corrected chi connectivity index (χ0v) is 19.0. The number of aliphatic imine (C=N–C) groups is 1. The van der Waals surface area contributed by atoms with Crippen molar-refractivity contribution in [2.45, 2.75) is 44.3 Å². The van der Waals surface area contributed by atoms with Crippen LogP contribution in [0.3, 0.4) is 0 Å². The third-order valence-electron chi connectivity index (χ3n) is 6.90. The van der Waals surface area contributed by atoms with E-state index in [1.807, 2.05) is 26.1 Å². The first kappa shape index (κ1) is 19.3. The summed E-state index contributed by atoms with van der Waals surface area (Å²) >= 11 is 8.26. The van der Waals surface area contributed by atoms with Crippen LogP contribution < -0.4 is 5.32 Å². The maximum atomic E-state index is 13.5. The third-order valence-corrected chi connectivity index (χ3v) is 8.41. The van der Waals surface area contributed by atoms with Crippen LogP contribution in [-0.2, 0) is 4.79 Å². The van der Waals surface area contributed by atoms with E-state index >= 15 is 0 Å². The molecule has 10 heteroatoms. The number of nitrogens with one attached hydrogen (secondary N) is 1. The summed E-state index contributed by atoms with van der Waals surface area (Å²) in [5, 5.41) is 13.6. The Labute approximate surface area is 188 Å². The maximum absolute atomic E-state index is 13.5. The number of halogens is 1. The van der Waals surface area contributed by atoms with Gasteiger partial charge in [0.25, 0.3) is 0 Å². The predicted octanol–water partition coefficient (Wildman–Crippen LogP) is 2.64. The van der Waals surface area contributed by atoms with Gasteiger partial charge in [-0.1, -0.05) is 11.6 Å². The van der Waals surface area contributed by atoms with E-state index < -0.39 is 5.92 Å². The van der Waals surface area contributed by atoms with E-state index in [0.29, 0.717) is 40.7 Å². The average molecular weight is 456 g/mol. The van der Waals surface area contributed by atoms with E-state index in [9.17, 15) is 4.79 Å². The van der Waals surface area contributed by atoms with Crippen molar-refractivity contribution in [2.75, 3.05) is 14.1 Å². The Morgan fingerprint density at radius 1 is 1.26 bits per heavy atom. The van der Waals surface area contributed by atoms with Crippen LogP contribution in [0.4, 0.5) is 0 Å². The number of guanidine groups is 1. The Morgan fingerprint density at radius 3 is 2.87 bits per heavy atom. The van der Waals surface area contributed by atoms with E-state index in [4.69, 9.17) is 16.6 Å². The Kier molecular flexibility index (Phi) is 4.25. The second kappa shape index (κ2) is 6.82. The van der Waals surface area contributed by atoms with Crippen LogP contribution >= 0.6 is 22.9 Å². The van der Waals surface area contributed by atoms with Crippen LogP contribution in [0, 0.1) is 12.8 Å². The molecule has 2 bridgehead atoms. The van der Waals surface area contributed by atoms with Crippen molar-refractivity contribution in [2.24, 2.45) is 21.1 Å². The summed E-state index contributed by atoms with van der Waals surface area (Å²) in [6, 6.07) is 4.99. The summed E-state index contributed by atoms with van der Waals surface area (Å²) in [7, 11) is 3.81. The largest absolute Gasteiger partial charge is 0.335 e. The highest BCUT2D eigenvalue weighted by Gasteiger charge is 2.51. The molecule has 2 aromatic rings. The zero-order chi connectivity index (χ0) is 21.4. The lowest BCUT2D eigenvalue weighted by atomic mass is 9.94. The quantitative estimate of drug-likeness (QED) is 0.754. The summed E-state index contributed by atoms with van der Waals surface area (Å²) in [5.41, 5.74) is 2.13. The monoisotopic (exact) mass is 455 g/mol. The molecule has 4 aliphatic rings. The summed E-state index contributed by atoms with van der Waals surface area (Å²) < 4.78 is 0.903. The van der Waals surface area contributed by atoms with Gasteiger partial charge < -0.3 is 10.2 Å². The molecule has 4 atom stereocenters. The highest BCUT2D eigenvalue weighted by atomic mass is 35.5. The minimum atomic E-state index is -0.627. The Hall–Kier alpha value is -2.36. The first-order chi connectivity index (χ1) is 15.0. The van der Waals surface area contributed by atoms with E-state index in [1.165, 1.54) is 11.3 Å². The second-order valence-electron chi connectivity index (χ2n) is 8.53. The standard InChI is InChI=1S/C21H22ClN7OS/c1-9-24-12-6-5-11(16(22)18(12)31-9)17-15-19(27-26-17)25-21(28(3)20(15)30)29-10-4-7-14(29)13(8-10)23-2/h5-6,10,13-15,23H,4,7-8H2,1-3H3/t10-,13+,14+,15?/m0/s1. The molecule has 5 heterocycles. The second-order valence-corrected chi connectivity index (χ2v) is 10.1. The molecular weight excluding hydrogens is 434 g/mol. The molecule has 4 aliphatic heterocycles. The molecule has 1 aromatic heterocycles. The fraction of sp³-hybridized carbons (Fsp3) is 0.476. The van der Waals surface area contributed by atoms with Gasteiger partial charge in [-0.15, -0.1) is 16.4 Å². The van der Waals surface area contributed by atoms with Crippen molar-refractivity contribution in [1.29, 1.82) is 0 Å². The number of aromatic nitrogens is 1. The van der Waals surface area contributed by atoms with Crippen molar-refractivity contribution in [3.63, 3.8) is 0 Å². The van der Waals surface area contributed by atoms with E-state index in [-0.39, 0.29) is 5.91 Å². The molecule has 0 saturated carbocycles. The highest BCUT2D eigenvalue weighted by molar-refractivity contribution is 7.19. The SMILES string of the molecule is CN[C@@H]1C[C@@H]2CC[C@H]1N2C1=NC2=NN=C(c3ccc4nc(C)sc4c3Cl)C2C(=O)N1C. The van der Waals surface area contributed by atoms with E-state index in [2.05, 4.69) is 25.4 Å². The molecule has 31 heavy (non-hydrogen) atoms. The van der Waals surface area contributed by atoms with Crippen molar-refractivity contribution in [1.82, 2.24) is 20.1 Å².